The molecule has 1 heterocycles. The summed E-state index contributed by atoms with van der Waals surface area (Å²) in [6.07, 6.45) is 1.77. The average molecular weight is 387 g/mol. The Hall–Kier alpha value is -1.81. The van der Waals surface area contributed by atoms with Gasteiger partial charge in [-0.05, 0) is 64.9 Å². The highest BCUT2D eigenvalue weighted by molar-refractivity contribution is 6.31. The predicted molar refractivity (Wildman–Crippen MR) is 107 cm³/mol. The van der Waals surface area contributed by atoms with Crippen LogP contribution in [0.5, 0.6) is 0 Å². The molecule has 0 radical (unpaired) electrons. The molecule has 26 heavy (non-hydrogen) atoms. The van der Waals surface area contributed by atoms with Crippen LogP contribution >= 0.6 is 23.2 Å². The van der Waals surface area contributed by atoms with Crippen molar-refractivity contribution in [1.82, 2.24) is 4.90 Å². The van der Waals surface area contributed by atoms with Crippen molar-refractivity contribution >= 4 is 34.7 Å². The highest BCUT2D eigenvalue weighted by Crippen LogP contribution is 2.39. The number of rotatable bonds is 3. The summed E-state index contributed by atoms with van der Waals surface area (Å²) in [6, 6.07) is 13.5. The first kappa shape index (κ1) is 17.6. The molecular formula is C21H20Cl2N2O. The van der Waals surface area contributed by atoms with Crippen LogP contribution < -0.4 is 5.73 Å². The second-order valence-electron chi connectivity index (χ2n) is 6.91. The molecular weight excluding hydrogens is 367 g/mol. The lowest BCUT2D eigenvalue weighted by molar-refractivity contribution is -0.132. The molecule has 5 heteroatoms. The second-order valence-corrected chi connectivity index (χ2v) is 7.78. The maximum Gasteiger partial charge on any atom is 0.231 e. The van der Waals surface area contributed by atoms with Gasteiger partial charge >= 0.3 is 0 Å². The van der Waals surface area contributed by atoms with Crippen LogP contribution in [-0.2, 0) is 11.2 Å². The molecule has 0 fully saturated rings. The number of carbonyl (C=O) groups excluding carboxylic acids is 1. The van der Waals surface area contributed by atoms with Crippen molar-refractivity contribution in [3.63, 3.8) is 0 Å². The van der Waals surface area contributed by atoms with E-state index in [4.69, 9.17) is 28.9 Å². The normalized spacial score (nSPS) is 17.1. The SMILES string of the molecule is NCC(C(=O)N1CCC2=C(Cc3ccc(Cl)cc32)C1)c1ccc(Cl)cc1. The zero-order valence-corrected chi connectivity index (χ0v) is 15.9. The molecule has 1 aliphatic carbocycles. The van der Waals surface area contributed by atoms with Crippen LogP contribution in [0, 0.1) is 0 Å². The van der Waals surface area contributed by atoms with Gasteiger partial charge in [0.1, 0.15) is 0 Å². The number of halogens is 2. The monoisotopic (exact) mass is 386 g/mol. The molecule has 1 unspecified atom stereocenters. The lowest BCUT2D eigenvalue weighted by Gasteiger charge is -2.31. The number of hydrogen-bond donors (Lipinski definition) is 1. The van der Waals surface area contributed by atoms with Crippen molar-refractivity contribution in [2.75, 3.05) is 19.6 Å². The summed E-state index contributed by atoms with van der Waals surface area (Å²) >= 11 is 12.1. The molecule has 3 nitrogen and oxygen atoms in total. The van der Waals surface area contributed by atoms with Crippen LogP contribution in [0.3, 0.4) is 0 Å². The quantitative estimate of drug-likeness (QED) is 0.855. The van der Waals surface area contributed by atoms with E-state index in [1.165, 1.54) is 22.3 Å². The molecule has 0 saturated heterocycles. The second kappa shape index (κ2) is 7.07. The van der Waals surface area contributed by atoms with Gasteiger partial charge in [-0.1, -0.05) is 41.4 Å². The third kappa shape index (κ3) is 3.16. The van der Waals surface area contributed by atoms with Crippen LogP contribution in [-0.4, -0.2) is 30.4 Å². The van der Waals surface area contributed by atoms with Gasteiger partial charge in [0.2, 0.25) is 5.91 Å². The number of carbonyl (C=O) groups is 1. The van der Waals surface area contributed by atoms with E-state index in [0.717, 1.165) is 23.4 Å². The number of nitrogens with two attached hydrogens (primary N) is 1. The summed E-state index contributed by atoms with van der Waals surface area (Å²) in [5.74, 6) is -0.233. The predicted octanol–water partition coefficient (Wildman–Crippen LogP) is 4.28. The van der Waals surface area contributed by atoms with Crippen LogP contribution in [0.2, 0.25) is 10.0 Å². The summed E-state index contributed by atoms with van der Waals surface area (Å²) in [7, 11) is 0. The Bertz CT molecular complexity index is 889. The number of amides is 1. The Kier molecular flexibility index (Phi) is 4.78. The van der Waals surface area contributed by atoms with E-state index in [-0.39, 0.29) is 11.8 Å². The maximum atomic E-state index is 13.1. The summed E-state index contributed by atoms with van der Waals surface area (Å²) in [6.45, 7) is 1.68. The van der Waals surface area contributed by atoms with Crippen LogP contribution in [0.1, 0.15) is 29.0 Å². The smallest absolute Gasteiger partial charge is 0.231 e. The third-order valence-electron chi connectivity index (χ3n) is 5.36. The highest BCUT2D eigenvalue weighted by Gasteiger charge is 2.32. The van der Waals surface area contributed by atoms with E-state index in [1.807, 2.05) is 29.2 Å². The van der Waals surface area contributed by atoms with E-state index >= 15 is 0 Å². The Morgan fingerprint density at radius 1 is 1.12 bits per heavy atom. The summed E-state index contributed by atoms with van der Waals surface area (Å²) in [4.78, 5) is 15.0. The standard InChI is InChI=1S/C21H20Cl2N2O/c22-16-4-1-13(2-5-16)20(11-24)21(26)25-8-7-18-15(12-25)9-14-3-6-17(23)10-19(14)18/h1-6,10,20H,7-9,11-12,24H2. The van der Waals surface area contributed by atoms with Crippen molar-refractivity contribution in [2.24, 2.45) is 5.73 Å². The van der Waals surface area contributed by atoms with Gasteiger partial charge in [-0.25, -0.2) is 0 Å². The van der Waals surface area contributed by atoms with E-state index in [9.17, 15) is 4.79 Å². The molecule has 0 aromatic heterocycles. The van der Waals surface area contributed by atoms with Crippen molar-refractivity contribution in [3.8, 4) is 0 Å². The van der Waals surface area contributed by atoms with E-state index in [2.05, 4.69) is 6.07 Å². The van der Waals surface area contributed by atoms with Crippen LogP contribution in [0.4, 0.5) is 0 Å². The Morgan fingerprint density at radius 2 is 1.85 bits per heavy atom. The summed E-state index contributed by atoms with van der Waals surface area (Å²) in [5.41, 5.74) is 12.1. The lowest BCUT2D eigenvalue weighted by Crippen LogP contribution is -2.41. The Morgan fingerprint density at radius 3 is 2.58 bits per heavy atom. The number of nitrogens with zero attached hydrogens (tertiary/aromatic N) is 1. The molecule has 1 aliphatic heterocycles. The molecule has 4 rings (SSSR count). The van der Waals surface area contributed by atoms with E-state index in [0.29, 0.717) is 24.7 Å². The zero-order valence-electron chi connectivity index (χ0n) is 14.3. The molecule has 1 atom stereocenters. The first-order chi connectivity index (χ1) is 12.6. The van der Waals surface area contributed by atoms with Gasteiger partial charge in [0.25, 0.3) is 0 Å². The average Bonchev–Trinajstić information content (AvgIpc) is 3.00. The molecule has 2 aliphatic rings. The highest BCUT2D eigenvalue weighted by atomic mass is 35.5. The van der Waals surface area contributed by atoms with E-state index < -0.39 is 0 Å². The summed E-state index contributed by atoms with van der Waals surface area (Å²) in [5, 5.41) is 1.43. The van der Waals surface area contributed by atoms with Crippen molar-refractivity contribution in [2.45, 2.75) is 18.8 Å². The van der Waals surface area contributed by atoms with Crippen molar-refractivity contribution in [3.05, 3.63) is 74.8 Å². The minimum atomic E-state index is -0.326. The first-order valence-electron chi connectivity index (χ1n) is 8.81. The number of benzene rings is 2. The number of fused-ring (bicyclic) bond motifs is 2. The van der Waals surface area contributed by atoms with Gasteiger partial charge in [-0.2, -0.15) is 0 Å². The Labute approximate surface area is 163 Å². The van der Waals surface area contributed by atoms with Gasteiger partial charge in [0, 0.05) is 29.7 Å². The van der Waals surface area contributed by atoms with Gasteiger partial charge in [-0.3, -0.25) is 4.79 Å². The van der Waals surface area contributed by atoms with E-state index in [1.54, 1.807) is 12.1 Å². The minimum Gasteiger partial charge on any atom is -0.338 e. The van der Waals surface area contributed by atoms with Gasteiger partial charge in [0.05, 0.1) is 5.92 Å². The Balaban J connectivity index is 1.54. The van der Waals surface area contributed by atoms with Gasteiger partial charge in [0.15, 0.2) is 0 Å². The molecule has 0 saturated carbocycles. The third-order valence-corrected chi connectivity index (χ3v) is 5.85. The first-order valence-corrected chi connectivity index (χ1v) is 9.56. The fourth-order valence-corrected chi connectivity index (χ4v) is 4.31. The molecule has 1 amide bonds. The lowest BCUT2D eigenvalue weighted by atomic mass is 9.94. The fourth-order valence-electron chi connectivity index (χ4n) is 4.01. The maximum absolute atomic E-state index is 13.1. The molecule has 0 bridgehead atoms. The molecule has 134 valence electrons. The van der Waals surface area contributed by atoms with Crippen LogP contribution in [0.15, 0.2) is 48.0 Å². The molecule has 2 aromatic rings. The van der Waals surface area contributed by atoms with Gasteiger partial charge < -0.3 is 10.6 Å². The topological polar surface area (TPSA) is 46.3 Å². The molecule has 2 N–H and O–H groups in total. The molecule has 2 aromatic carbocycles. The van der Waals surface area contributed by atoms with Crippen LogP contribution in [0.25, 0.3) is 5.57 Å². The zero-order chi connectivity index (χ0) is 18.3. The van der Waals surface area contributed by atoms with Crippen molar-refractivity contribution < 1.29 is 4.79 Å². The minimum absolute atomic E-state index is 0.0929. The van der Waals surface area contributed by atoms with Gasteiger partial charge in [-0.15, -0.1) is 0 Å². The summed E-state index contributed by atoms with van der Waals surface area (Å²) < 4.78 is 0. The number of hydrogen-bond acceptors (Lipinski definition) is 2. The largest absolute Gasteiger partial charge is 0.338 e. The molecule has 0 spiro atoms. The van der Waals surface area contributed by atoms with Crippen molar-refractivity contribution in [1.29, 1.82) is 0 Å². The fraction of sp³-hybridized carbons (Fsp3) is 0.286.